The molecule has 2 aliphatic heterocycles. The summed E-state index contributed by atoms with van der Waals surface area (Å²) in [6, 6.07) is 16.2. The molecule has 0 radical (unpaired) electrons. The monoisotopic (exact) mass is 371 g/mol. The molecule has 2 aliphatic rings. The maximum atomic E-state index is 12.8. The molecule has 23 heavy (non-hydrogen) atoms. The molecule has 1 N–H and O–H groups in total. The van der Waals surface area contributed by atoms with E-state index in [4.69, 9.17) is 0 Å². The van der Waals surface area contributed by atoms with Gasteiger partial charge in [0.25, 0.3) is 0 Å². The predicted molar refractivity (Wildman–Crippen MR) is 97.3 cm³/mol. The summed E-state index contributed by atoms with van der Waals surface area (Å²) in [6.45, 7) is 1.83. The fourth-order valence-electron chi connectivity index (χ4n) is 3.52. The molecule has 0 bridgehead atoms. The Morgan fingerprint density at radius 2 is 1.83 bits per heavy atom. The minimum Gasteiger partial charge on any atom is -0.365 e. The van der Waals surface area contributed by atoms with Crippen LogP contribution in [-0.2, 0) is 0 Å². The maximum Gasteiger partial charge on any atom is 0.326 e. The van der Waals surface area contributed by atoms with Gasteiger partial charge < -0.3 is 10.2 Å². The van der Waals surface area contributed by atoms with Gasteiger partial charge in [-0.15, -0.1) is 0 Å². The molecular formula is C18H18BrN3O. The van der Waals surface area contributed by atoms with Crippen molar-refractivity contribution >= 4 is 39.0 Å². The number of amides is 2. The molecule has 2 amide bonds. The summed E-state index contributed by atoms with van der Waals surface area (Å²) in [5.74, 6) is 0. The van der Waals surface area contributed by atoms with Gasteiger partial charge in [-0.2, -0.15) is 0 Å². The van der Waals surface area contributed by atoms with Crippen LogP contribution in [0.3, 0.4) is 0 Å². The van der Waals surface area contributed by atoms with E-state index in [9.17, 15) is 4.79 Å². The third-order valence-corrected chi connectivity index (χ3v) is 5.30. The van der Waals surface area contributed by atoms with Crippen molar-refractivity contribution in [3.05, 3.63) is 53.0 Å². The fraction of sp³-hybridized carbons (Fsp3) is 0.278. The van der Waals surface area contributed by atoms with E-state index in [1.54, 1.807) is 0 Å². The normalized spacial score (nSPS) is 19.3. The van der Waals surface area contributed by atoms with Crippen LogP contribution in [0.25, 0.3) is 0 Å². The minimum atomic E-state index is -0.0732. The molecule has 118 valence electrons. The quantitative estimate of drug-likeness (QED) is 0.802. The molecule has 2 aromatic carbocycles. The SMILES string of the molecule is O=C(Nc1ccccc1Br)N1CC2CCCN2c2ccccc21. The van der Waals surface area contributed by atoms with Crippen molar-refractivity contribution in [3.63, 3.8) is 0 Å². The van der Waals surface area contributed by atoms with Crippen molar-refractivity contribution < 1.29 is 4.79 Å². The number of urea groups is 1. The molecule has 4 rings (SSSR count). The molecule has 1 fully saturated rings. The summed E-state index contributed by atoms with van der Waals surface area (Å²) in [5, 5.41) is 3.02. The number of hydrogen-bond acceptors (Lipinski definition) is 2. The topological polar surface area (TPSA) is 35.6 Å². The fourth-order valence-corrected chi connectivity index (χ4v) is 3.91. The van der Waals surface area contributed by atoms with E-state index in [0.717, 1.165) is 35.4 Å². The zero-order valence-corrected chi connectivity index (χ0v) is 14.3. The highest BCUT2D eigenvalue weighted by Gasteiger charge is 2.36. The van der Waals surface area contributed by atoms with Gasteiger partial charge >= 0.3 is 6.03 Å². The lowest BCUT2D eigenvalue weighted by molar-refractivity contribution is 0.256. The molecule has 4 nitrogen and oxygen atoms in total. The van der Waals surface area contributed by atoms with Crippen LogP contribution >= 0.6 is 15.9 Å². The lowest BCUT2D eigenvalue weighted by Gasteiger charge is -2.40. The van der Waals surface area contributed by atoms with E-state index in [2.05, 4.69) is 32.2 Å². The van der Waals surface area contributed by atoms with Gasteiger partial charge in [0.1, 0.15) is 0 Å². The van der Waals surface area contributed by atoms with Crippen LogP contribution in [-0.4, -0.2) is 25.2 Å². The Balaban J connectivity index is 1.65. The van der Waals surface area contributed by atoms with Crippen LogP contribution in [0.4, 0.5) is 21.9 Å². The number of nitrogens with one attached hydrogen (secondary N) is 1. The first kappa shape index (κ1) is 14.6. The summed E-state index contributed by atoms with van der Waals surface area (Å²) in [5.41, 5.74) is 2.96. The number of hydrogen-bond donors (Lipinski definition) is 1. The number of halogens is 1. The predicted octanol–water partition coefficient (Wildman–Crippen LogP) is 4.47. The number of carbonyl (C=O) groups is 1. The Bertz CT molecular complexity index is 749. The highest BCUT2D eigenvalue weighted by atomic mass is 79.9. The van der Waals surface area contributed by atoms with Gasteiger partial charge in [-0.05, 0) is 53.0 Å². The number of fused-ring (bicyclic) bond motifs is 3. The Hall–Kier alpha value is -2.01. The molecule has 0 spiro atoms. The van der Waals surface area contributed by atoms with Crippen LogP contribution in [0, 0.1) is 0 Å². The van der Waals surface area contributed by atoms with Gasteiger partial charge in [-0.3, -0.25) is 4.90 Å². The smallest absolute Gasteiger partial charge is 0.326 e. The van der Waals surface area contributed by atoms with Crippen molar-refractivity contribution in [1.82, 2.24) is 0 Å². The average molecular weight is 372 g/mol. The third kappa shape index (κ3) is 2.59. The first-order chi connectivity index (χ1) is 11.2. The second-order valence-electron chi connectivity index (χ2n) is 6.00. The maximum absolute atomic E-state index is 12.8. The number of rotatable bonds is 1. The number of anilines is 3. The van der Waals surface area contributed by atoms with E-state index in [0.29, 0.717) is 6.04 Å². The Kier molecular flexibility index (Phi) is 3.73. The molecule has 0 aromatic heterocycles. The first-order valence-electron chi connectivity index (χ1n) is 7.93. The van der Waals surface area contributed by atoms with Crippen molar-refractivity contribution in [2.75, 3.05) is 28.2 Å². The number of para-hydroxylation sites is 3. The molecule has 5 heteroatoms. The van der Waals surface area contributed by atoms with Crippen LogP contribution in [0.15, 0.2) is 53.0 Å². The number of carbonyl (C=O) groups excluding carboxylic acids is 1. The lowest BCUT2D eigenvalue weighted by Crippen LogP contribution is -2.49. The summed E-state index contributed by atoms with van der Waals surface area (Å²) in [7, 11) is 0. The largest absolute Gasteiger partial charge is 0.365 e. The zero-order valence-electron chi connectivity index (χ0n) is 12.7. The van der Waals surface area contributed by atoms with Crippen LogP contribution in [0.1, 0.15) is 12.8 Å². The Morgan fingerprint density at radius 1 is 1.09 bits per heavy atom. The average Bonchev–Trinajstić information content (AvgIpc) is 3.05. The van der Waals surface area contributed by atoms with Gasteiger partial charge in [-0.1, -0.05) is 24.3 Å². The lowest BCUT2D eigenvalue weighted by atomic mass is 10.1. The second kappa shape index (κ2) is 5.89. The van der Waals surface area contributed by atoms with Gasteiger partial charge in [0.05, 0.1) is 17.1 Å². The molecule has 2 aromatic rings. The van der Waals surface area contributed by atoms with E-state index in [1.807, 2.05) is 47.4 Å². The highest BCUT2D eigenvalue weighted by Crippen LogP contribution is 2.39. The van der Waals surface area contributed by atoms with Gasteiger partial charge in [0.15, 0.2) is 0 Å². The van der Waals surface area contributed by atoms with E-state index >= 15 is 0 Å². The summed E-state index contributed by atoms with van der Waals surface area (Å²) in [4.78, 5) is 17.2. The van der Waals surface area contributed by atoms with Crippen LogP contribution in [0.2, 0.25) is 0 Å². The van der Waals surface area contributed by atoms with Crippen LogP contribution < -0.4 is 15.1 Å². The Labute approximate surface area is 144 Å². The molecule has 0 aliphatic carbocycles. The van der Waals surface area contributed by atoms with Crippen LogP contribution in [0.5, 0.6) is 0 Å². The molecule has 1 atom stereocenters. The van der Waals surface area contributed by atoms with E-state index in [-0.39, 0.29) is 6.03 Å². The molecule has 2 heterocycles. The summed E-state index contributed by atoms with van der Waals surface area (Å²) >= 11 is 3.48. The second-order valence-corrected chi connectivity index (χ2v) is 6.85. The summed E-state index contributed by atoms with van der Waals surface area (Å²) in [6.07, 6.45) is 2.34. The molecule has 1 saturated heterocycles. The first-order valence-corrected chi connectivity index (χ1v) is 8.72. The van der Waals surface area contributed by atoms with Gasteiger partial charge in [0, 0.05) is 23.6 Å². The highest BCUT2D eigenvalue weighted by molar-refractivity contribution is 9.10. The van der Waals surface area contributed by atoms with E-state index in [1.165, 1.54) is 12.1 Å². The Morgan fingerprint density at radius 3 is 2.65 bits per heavy atom. The minimum absolute atomic E-state index is 0.0732. The zero-order chi connectivity index (χ0) is 15.8. The standard InChI is InChI=1S/C18H18BrN3O/c19-14-7-1-2-8-15(14)20-18(23)22-12-13-6-5-11-21(13)16-9-3-4-10-17(16)22/h1-4,7-10,13H,5-6,11-12H2,(H,20,23). The van der Waals surface area contributed by atoms with E-state index < -0.39 is 0 Å². The number of benzene rings is 2. The van der Waals surface area contributed by atoms with Crippen molar-refractivity contribution in [1.29, 1.82) is 0 Å². The van der Waals surface area contributed by atoms with Crippen molar-refractivity contribution in [3.8, 4) is 0 Å². The van der Waals surface area contributed by atoms with Gasteiger partial charge in [-0.25, -0.2) is 4.79 Å². The molecular weight excluding hydrogens is 354 g/mol. The van der Waals surface area contributed by atoms with Crippen molar-refractivity contribution in [2.24, 2.45) is 0 Å². The molecule has 1 unspecified atom stereocenters. The summed E-state index contributed by atoms with van der Waals surface area (Å²) < 4.78 is 0.890. The van der Waals surface area contributed by atoms with Gasteiger partial charge in [0.2, 0.25) is 0 Å². The number of nitrogens with zero attached hydrogens (tertiary/aromatic N) is 2. The third-order valence-electron chi connectivity index (χ3n) is 4.61. The molecule has 0 saturated carbocycles. The van der Waals surface area contributed by atoms with Crippen molar-refractivity contribution in [2.45, 2.75) is 18.9 Å².